The van der Waals surface area contributed by atoms with E-state index in [1.165, 1.54) is 7.85 Å². The van der Waals surface area contributed by atoms with Gasteiger partial charge in [-0.15, -0.1) is 0 Å². The molecule has 0 spiro atoms. The molecular weight excluding hydrogens is 808 g/mol. The van der Waals surface area contributed by atoms with Crippen molar-refractivity contribution in [2.24, 2.45) is 11.7 Å². The molecule has 7 amide bonds. The first-order valence-corrected chi connectivity index (χ1v) is 18.8. The molecule has 1 rings (SSSR count). The number of amides is 7. The Bertz CT molecular complexity index is 1310. The summed E-state index contributed by atoms with van der Waals surface area (Å²) in [5.41, 5.74) is 5.91. The molecule has 53 heavy (non-hydrogen) atoms. The molecule has 0 radical (unpaired) electrons. The number of nitrogens with one attached hydrogen (secondary N) is 6. The van der Waals surface area contributed by atoms with Crippen LogP contribution in [-0.4, -0.2) is 138 Å². The van der Waals surface area contributed by atoms with Crippen LogP contribution in [0.5, 0.6) is 0 Å². The van der Waals surface area contributed by atoms with E-state index in [1.54, 1.807) is 38.1 Å². The summed E-state index contributed by atoms with van der Waals surface area (Å²) in [5.74, 6) is -2.19. The maximum absolute atomic E-state index is 13.1. The average molecular weight is 862 g/mol. The molecule has 2 atom stereocenters. The van der Waals surface area contributed by atoms with Crippen molar-refractivity contribution in [3.8, 4) is 0 Å². The highest BCUT2D eigenvalue weighted by Gasteiger charge is 2.28. The molecule has 0 aliphatic heterocycles. The first-order chi connectivity index (χ1) is 25.3. The number of halogens is 1. The number of hydrogen-bond acceptors (Lipinski definition) is 11. The molecule has 0 fully saturated rings. The Hall–Kier alpha value is -3.86. The molecule has 0 heterocycles. The number of nitrogens with two attached hydrogens (primary N) is 1. The summed E-state index contributed by atoms with van der Waals surface area (Å²) in [6, 6.07) is 3.97. The van der Waals surface area contributed by atoms with Crippen molar-refractivity contribution in [1.29, 1.82) is 0 Å². The number of urea groups is 1. The molecule has 0 bridgehead atoms. The fraction of sp³-hybridized carbons (Fsp3) is 0.606. The molecule has 0 saturated heterocycles. The highest BCUT2D eigenvalue weighted by molar-refractivity contribution is 14.1. The lowest BCUT2D eigenvalue weighted by atomic mass is 10.0. The van der Waals surface area contributed by atoms with Gasteiger partial charge >= 0.3 is 6.03 Å². The molecule has 1 unspecified atom stereocenters. The number of ether oxygens (including phenoxy) is 4. The van der Waals surface area contributed by atoms with Crippen LogP contribution < -0.4 is 37.6 Å². The predicted octanol–water partition coefficient (Wildman–Crippen LogP) is -1.40. The average Bonchev–Trinajstić information content (AvgIpc) is 3.12. The van der Waals surface area contributed by atoms with Crippen LogP contribution in [0.25, 0.3) is 0 Å². The standard InChI is InChI=1S/C33H53BIN7O11/c1-22(2)29(32(48)41-25(4-3-10-38-33(36)49)31(47)39-21-26(34)43)42-27(44)9-12-50-14-16-52-18-19-53-17-15-51-13-11-37-30(46)23-5-7-24(8-6-23)40-28(45)20-35/h5-8,22,25,29H,3-4,9-21,34H2,1-2H3,(H,37,46)(H,39,47)(H,40,45)(H,41,48)(H,42,44)(H3,36,38,49)/t25-,29?/m0/s1. The minimum Gasteiger partial charge on any atom is -0.379 e. The lowest BCUT2D eigenvalue weighted by molar-refractivity contribution is -0.133. The van der Waals surface area contributed by atoms with Gasteiger partial charge in [-0.2, -0.15) is 0 Å². The second-order valence-corrected chi connectivity index (χ2v) is 12.7. The molecule has 18 nitrogen and oxygen atoms in total. The topological polar surface area (TPSA) is 255 Å². The van der Waals surface area contributed by atoms with Crippen molar-refractivity contribution in [2.75, 3.05) is 82.2 Å². The number of benzene rings is 1. The predicted molar refractivity (Wildman–Crippen MR) is 206 cm³/mol. The largest absolute Gasteiger partial charge is 0.379 e. The second kappa shape index (κ2) is 28.6. The number of carbonyl (C=O) groups is 7. The van der Waals surface area contributed by atoms with Gasteiger partial charge in [-0.25, -0.2) is 4.79 Å². The summed E-state index contributed by atoms with van der Waals surface area (Å²) in [4.78, 5) is 84.2. The quantitative estimate of drug-likeness (QED) is 0.0213. The van der Waals surface area contributed by atoms with Gasteiger partial charge in [0.2, 0.25) is 23.6 Å². The molecule has 0 aromatic heterocycles. The molecule has 8 N–H and O–H groups in total. The van der Waals surface area contributed by atoms with Crippen LogP contribution in [-0.2, 0) is 42.9 Å². The van der Waals surface area contributed by atoms with Gasteiger partial charge in [0.15, 0.2) is 7.85 Å². The van der Waals surface area contributed by atoms with Gasteiger partial charge in [0, 0.05) is 30.8 Å². The fourth-order valence-electron chi connectivity index (χ4n) is 4.33. The third-order valence-electron chi connectivity index (χ3n) is 7.05. The Balaban J connectivity index is 2.18. The monoisotopic (exact) mass is 861 g/mol. The van der Waals surface area contributed by atoms with E-state index in [2.05, 4.69) is 31.9 Å². The van der Waals surface area contributed by atoms with Gasteiger partial charge in [-0.3, -0.25) is 24.0 Å². The number of hydrogen-bond donors (Lipinski definition) is 7. The van der Waals surface area contributed by atoms with Crippen LogP contribution in [0.3, 0.4) is 0 Å². The Morgan fingerprint density at radius 2 is 1.32 bits per heavy atom. The lowest BCUT2D eigenvalue weighted by Crippen LogP contribution is -2.55. The van der Waals surface area contributed by atoms with Crippen LogP contribution in [0.1, 0.15) is 43.5 Å². The van der Waals surface area contributed by atoms with E-state index in [9.17, 15) is 33.6 Å². The Labute approximate surface area is 324 Å². The van der Waals surface area contributed by atoms with E-state index < -0.39 is 35.8 Å². The molecule has 0 aliphatic carbocycles. The zero-order valence-electron chi connectivity index (χ0n) is 30.6. The van der Waals surface area contributed by atoms with Crippen LogP contribution in [0.2, 0.25) is 0 Å². The summed E-state index contributed by atoms with van der Waals surface area (Å²) in [5, 5.41) is 15.7. The third kappa shape index (κ3) is 23.4. The van der Waals surface area contributed by atoms with Gasteiger partial charge < -0.3 is 61.4 Å². The first-order valence-electron chi connectivity index (χ1n) is 17.3. The van der Waals surface area contributed by atoms with Gasteiger partial charge in [-0.05, 0) is 43.0 Å². The van der Waals surface area contributed by atoms with Crippen molar-refractivity contribution < 1.29 is 52.5 Å². The fourth-order valence-corrected chi connectivity index (χ4v) is 4.52. The molecule has 20 heteroatoms. The van der Waals surface area contributed by atoms with E-state index >= 15 is 0 Å². The molecule has 1 aromatic carbocycles. The van der Waals surface area contributed by atoms with Crippen LogP contribution in [0.4, 0.5) is 10.5 Å². The zero-order valence-corrected chi connectivity index (χ0v) is 32.8. The second-order valence-electron chi connectivity index (χ2n) is 11.9. The maximum atomic E-state index is 13.1. The summed E-state index contributed by atoms with van der Waals surface area (Å²) in [6.07, 6.45) is 0.488. The van der Waals surface area contributed by atoms with Crippen molar-refractivity contribution in [3.05, 3.63) is 29.8 Å². The molecular formula is C33H53BIN7O11. The smallest absolute Gasteiger partial charge is 0.312 e. The van der Waals surface area contributed by atoms with E-state index in [0.29, 0.717) is 61.7 Å². The van der Waals surface area contributed by atoms with E-state index in [0.717, 1.165) is 0 Å². The molecule has 0 saturated carbocycles. The Kier molecular flexibility index (Phi) is 25.5. The number of anilines is 1. The Morgan fingerprint density at radius 1 is 0.736 bits per heavy atom. The van der Waals surface area contributed by atoms with Crippen molar-refractivity contribution >= 4 is 77.4 Å². The van der Waals surface area contributed by atoms with Gasteiger partial charge in [0.1, 0.15) is 17.8 Å². The third-order valence-corrected chi connectivity index (χ3v) is 7.75. The van der Waals surface area contributed by atoms with E-state index in [-0.39, 0.29) is 69.2 Å². The highest BCUT2D eigenvalue weighted by Crippen LogP contribution is 2.10. The highest BCUT2D eigenvalue weighted by atomic mass is 127. The minimum atomic E-state index is -0.998. The SMILES string of the molecule is BC(=O)CNC(=O)[C@H](CCCNC(N)=O)NC(=O)C(NC(=O)CCOCCOCCOCCOCCNC(=O)c1ccc(NC(=O)CI)cc1)C(C)C. The zero-order chi connectivity index (χ0) is 39.4. The lowest BCUT2D eigenvalue weighted by Gasteiger charge is -2.25. The van der Waals surface area contributed by atoms with Gasteiger partial charge in [-0.1, -0.05) is 36.4 Å². The maximum Gasteiger partial charge on any atom is 0.312 e. The number of alkyl halides is 1. The van der Waals surface area contributed by atoms with Crippen molar-refractivity contribution in [1.82, 2.24) is 26.6 Å². The van der Waals surface area contributed by atoms with Crippen molar-refractivity contribution in [3.63, 3.8) is 0 Å². The Morgan fingerprint density at radius 3 is 1.87 bits per heavy atom. The van der Waals surface area contributed by atoms with E-state index in [1.807, 2.05) is 22.6 Å². The van der Waals surface area contributed by atoms with E-state index in [4.69, 9.17) is 24.7 Å². The summed E-state index contributed by atoms with van der Waals surface area (Å²) >= 11 is 1.97. The normalized spacial score (nSPS) is 11.9. The number of rotatable bonds is 29. The first kappa shape index (κ1) is 47.2. The summed E-state index contributed by atoms with van der Waals surface area (Å²) < 4.78 is 22.2. The number of primary amides is 1. The van der Waals surface area contributed by atoms with Crippen molar-refractivity contribution in [2.45, 2.75) is 45.2 Å². The minimum absolute atomic E-state index is 0.00248. The molecule has 296 valence electrons. The van der Waals surface area contributed by atoms with Crippen LogP contribution in [0.15, 0.2) is 24.3 Å². The summed E-state index contributed by atoms with van der Waals surface area (Å²) in [7, 11) is 1.32. The molecule has 1 aromatic rings. The number of carbonyl (C=O) groups excluding carboxylic acids is 7. The molecule has 0 aliphatic rings. The van der Waals surface area contributed by atoms with Gasteiger partial charge in [0.25, 0.3) is 5.91 Å². The van der Waals surface area contributed by atoms with Crippen LogP contribution >= 0.6 is 22.6 Å². The van der Waals surface area contributed by atoms with Gasteiger partial charge in [0.05, 0.1) is 63.8 Å². The van der Waals surface area contributed by atoms with Crippen LogP contribution in [0, 0.1) is 5.92 Å². The summed E-state index contributed by atoms with van der Waals surface area (Å²) in [6.45, 7) is 6.15.